The summed E-state index contributed by atoms with van der Waals surface area (Å²) in [5, 5.41) is 19.2. The Labute approximate surface area is 368 Å². The maximum Gasteiger partial charge on any atom is 0.472 e. The Morgan fingerprint density at radius 2 is 0.733 bits per heavy atom. The van der Waals surface area contributed by atoms with Crippen molar-refractivity contribution in [2.45, 2.75) is 251 Å². The van der Waals surface area contributed by atoms with Crippen molar-refractivity contribution in [2.24, 2.45) is 0 Å². The Balaban J connectivity index is 3.84. The smallest absolute Gasteiger partial charge is 0.457 e. The van der Waals surface area contributed by atoms with E-state index in [4.69, 9.17) is 18.5 Å². The van der Waals surface area contributed by atoms with Gasteiger partial charge in [-0.25, -0.2) is 4.57 Å². The molecule has 0 aromatic heterocycles. The van der Waals surface area contributed by atoms with E-state index in [9.17, 15) is 29.3 Å². The number of carbonyl (C=O) groups is 2. The number of aliphatic hydroxyl groups is 2. The third-order valence-corrected chi connectivity index (χ3v) is 11.9. The highest BCUT2D eigenvalue weighted by Crippen LogP contribution is 2.43. The first-order valence-electron chi connectivity index (χ1n) is 24.8. The van der Waals surface area contributed by atoms with Crippen molar-refractivity contribution in [2.75, 3.05) is 26.4 Å². The van der Waals surface area contributed by atoms with Crippen LogP contribution >= 0.6 is 7.82 Å². The minimum atomic E-state index is -4.64. The first-order valence-corrected chi connectivity index (χ1v) is 26.3. The molecule has 354 valence electrons. The van der Waals surface area contributed by atoms with Gasteiger partial charge in [0.15, 0.2) is 0 Å². The zero-order chi connectivity index (χ0) is 44.0. The van der Waals surface area contributed by atoms with Gasteiger partial charge in [-0.05, 0) is 44.9 Å². The molecule has 10 nitrogen and oxygen atoms in total. The van der Waals surface area contributed by atoms with Crippen LogP contribution in [-0.2, 0) is 32.7 Å². The molecule has 11 heteroatoms. The van der Waals surface area contributed by atoms with Crippen LogP contribution < -0.4 is 0 Å². The molecule has 0 spiro atoms. The highest BCUT2D eigenvalue weighted by atomic mass is 31.2. The minimum absolute atomic E-state index is 0.185. The van der Waals surface area contributed by atoms with E-state index in [0.29, 0.717) is 12.8 Å². The Bertz CT molecular complexity index is 1050. The van der Waals surface area contributed by atoms with Crippen molar-refractivity contribution >= 4 is 19.8 Å². The zero-order valence-corrected chi connectivity index (χ0v) is 39.6. The number of hydrogen-bond donors (Lipinski definition) is 3. The quantitative estimate of drug-likeness (QED) is 0.0233. The van der Waals surface area contributed by atoms with E-state index in [-0.39, 0.29) is 12.8 Å². The van der Waals surface area contributed by atoms with Gasteiger partial charge in [-0.2, -0.15) is 0 Å². The molecule has 3 atom stereocenters. The van der Waals surface area contributed by atoms with Gasteiger partial charge < -0.3 is 24.6 Å². The summed E-state index contributed by atoms with van der Waals surface area (Å²) in [5.41, 5.74) is 0. The van der Waals surface area contributed by atoms with Crippen LogP contribution in [0.2, 0.25) is 0 Å². The van der Waals surface area contributed by atoms with Crippen LogP contribution in [0.1, 0.15) is 239 Å². The van der Waals surface area contributed by atoms with Crippen molar-refractivity contribution in [1.29, 1.82) is 0 Å². The fraction of sp³-hybridized carbons (Fsp3) is 0.878. The lowest BCUT2D eigenvalue weighted by molar-refractivity contribution is -0.153. The second kappa shape index (κ2) is 45.5. The molecule has 0 saturated carbocycles. The first kappa shape index (κ1) is 58.5. The third-order valence-electron chi connectivity index (χ3n) is 10.9. The predicted octanol–water partition coefficient (Wildman–Crippen LogP) is 13.7. The van der Waals surface area contributed by atoms with Gasteiger partial charge in [0, 0.05) is 12.8 Å². The number of carbonyl (C=O) groups excluding carboxylic acids is 2. The number of aliphatic hydroxyl groups excluding tert-OH is 2. The van der Waals surface area contributed by atoms with E-state index in [1.54, 1.807) is 0 Å². The first-order chi connectivity index (χ1) is 29.3. The highest BCUT2D eigenvalue weighted by Gasteiger charge is 2.27. The van der Waals surface area contributed by atoms with E-state index in [1.807, 2.05) is 0 Å². The number of hydrogen-bond acceptors (Lipinski definition) is 9. The lowest BCUT2D eigenvalue weighted by Gasteiger charge is -2.20. The monoisotopic (exact) mass is 873 g/mol. The van der Waals surface area contributed by atoms with E-state index in [2.05, 4.69) is 38.2 Å². The van der Waals surface area contributed by atoms with Crippen LogP contribution in [-0.4, -0.2) is 65.7 Å². The lowest BCUT2D eigenvalue weighted by atomic mass is 10.0. The summed E-state index contributed by atoms with van der Waals surface area (Å²) in [6.07, 6.45) is 47.2. The Morgan fingerprint density at radius 3 is 1.05 bits per heavy atom. The molecule has 0 heterocycles. The maximum absolute atomic E-state index is 12.4. The molecule has 0 amide bonds. The van der Waals surface area contributed by atoms with Gasteiger partial charge in [0.05, 0.1) is 26.4 Å². The van der Waals surface area contributed by atoms with Crippen LogP contribution in [0.5, 0.6) is 0 Å². The van der Waals surface area contributed by atoms with Crippen LogP contribution in [0.4, 0.5) is 0 Å². The van der Waals surface area contributed by atoms with Crippen molar-refractivity contribution in [3.8, 4) is 0 Å². The van der Waals surface area contributed by atoms with Gasteiger partial charge in [-0.3, -0.25) is 18.6 Å². The summed E-state index contributed by atoms with van der Waals surface area (Å²) in [7, 11) is -4.64. The molecule has 0 radical (unpaired) electrons. The molecular weight excluding hydrogens is 780 g/mol. The van der Waals surface area contributed by atoms with Crippen LogP contribution in [0.15, 0.2) is 24.3 Å². The third kappa shape index (κ3) is 43.1. The van der Waals surface area contributed by atoms with Gasteiger partial charge in [-0.1, -0.05) is 205 Å². The van der Waals surface area contributed by atoms with Gasteiger partial charge in [-0.15, -0.1) is 0 Å². The molecule has 0 saturated heterocycles. The fourth-order valence-corrected chi connectivity index (χ4v) is 7.87. The summed E-state index contributed by atoms with van der Waals surface area (Å²) in [4.78, 5) is 34.6. The number of phosphoric acid groups is 1. The average Bonchev–Trinajstić information content (AvgIpc) is 3.24. The van der Waals surface area contributed by atoms with Crippen LogP contribution in [0.3, 0.4) is 0 Å². The standard InChI is InChI=1S/C49H93O10P/c1-3-5-7-9-11-13-15-17-19-21-23-25-27-29-31-33-35-37-39-41-49(53)59-47(43-51)45-57-60(54,55)56-44-46(42-50)58-48(52)40-38-36-34-32-30-28-26-24-22-20-18-16-14-12-10-8-6-4-2/h14,16,20,22,46-47,50-51H,3-13,15,17-19,21,23-45H2,1-2H3,(H,54,55)/b16-14-,22-20-. The van der Waals surface area contributed by atoms with E-state index in [1.165, 1.54) is 148 Å². The number of ether oxygens (including phenoxy) is 2. The Kier molecular flexibility index (Phi) is 44.3. The minimum Gasteiger partial charge on any atom is -0.457 e. The molecule has 0 aromatic carbocycles. The number of phosphoric ester groups is 1. The summed E-state index contributed by atoms with van der Waals surface area (Å²) in [5.74, 6) is -1.02. The molecule has 60 heavy (non-hydrogen) atoms. The highest BCUT2D eigenvalue weighted by molar-refractivity contribution is 7.47. The van der Waals surface area contributed by atoms with Crippen molar-refractivity contribution in [1.82, 2.24) is 0 Å². The van der Waals surface area contributed by atoms with Crippen molar-refractivity contribution in [3.63, 3.8) is 0 Å². The molecule has 0 rings (SSSR count). The van der Waals surface area contributed by atoms with Crippen molar-refractivity contribution < 1.29 is 47.8 Å². The van der Waals surface area contributed by atoms with E-state index in [0.717, 1.165) is 51.4 Å². The predicted molar refractivity (Wildman–Crippen MR) is 247 cm³/mol. The molecule has 3 unspecified atom stereocenters. The number of rotatable bonds is 47. The molecular formula is C49H93O10P. The molecule has 0 aliphatic heterocycles. The summed E-state index contributed by atoms with van der Waals surface area (Å²) in [6.45, 7) is 2.23. The molecule has 3 N–H and O–H groups in total. The summed E-state index contributed by atoms with van der Waals surface area (Å²) >= 11 is 0. The SMILES string of the molecule is CCCCCC/C=C\C/C=C\CCCCCCCCCC(=O)OC(CO)COP(=O)(O)OCC(CO)OC(=O)CCCCCCCCCCCCCCCCCCCCC. The normalized spacial score (nSPS) is 13.9. The van der Waals surface area contributed by atoms with E-state index < -0.39 is 58.4 Å². The maximum atomic E-state index is 12.4. The summed E-state index contributed by atoms with van der Waals surface area (Å²) in [6, 6.07) is 0. The number of unbranched alkanes of at least 4 members (excludes halogenated alkanes) is 29. The number of allylic oxidation sites excluding steroid dienone is 4. The Morgan fingerprint density at radius 1 is 0.450 bits per heavy atom. The van der Waals surface area contributed by atoms with Crippen molar-refractivity contribution in [3.05, 3.63) is 24.3 Å². The second-order valence-corrected chi connectivity index (χ2v) is 18.3. The zero-order valence-electron chi connectivity index (χ0n) is 38.7. The summed E-state index contributed by atoms with van der Waals surface area (Å²) < 4.78 is 32.7. The van der Waals surface area contributed by atoms with Gasteiger partial charge in [0.25, 0.3) is 0 Å². The van der Waals surface area contributed by atoms with Crippen LogP contribution in [0.25, 0.3) is 0 Å². The fourth-order valence-electron chi connectivity index (χ4n) is 7.09. The lowest BCUT2D eigenvalue weighted by Crippen LogP contribution is -2.28. The molecule has 0 aliphatic rings. The molecule has 0 fully saturated rings. The number of esters is 2. The largest absolute Gasteiger partial charge is 0.472 e. The molecule has 0 bridgehead atoms. The molecule has 0 aliphatic carbocycles. The van der Waals surface area contributed by atoms with E-state index >= 15 is 0 Å². The van der Waals surface area contributed by atoms with Crippen LogP contribution in [0, 0.1) is 0 Å². The Hall–Kier alpha value is -1.55. The molecule has 0 aromatic rings. The van der Waals surface area contributed by atoms with Gasteiger partial charge >= 0.3 is 19.8 Å². The van der Waals surface area contributed by atoms with Gasteiger partial charge in [0.1, 0.15) is 12.2 Å². The second-order valence-electron chi connectivity index (χ2n) is 16.8. The average molecular weight is 873 g/mol. The van der Waals surface area contributed by atoms with Gasteiger partial charge in [0.2, 0.25) is 0 Å². The topological polar surface area (TPSA) is 149 Å².